The number of nitrogens with two attached hydrogens (primary N) is 1. The lowest BCUT2D eigenvalue weighted by molar-refractivity contribution is -0.136. The van der Waals surface area contributed by atoms with E-state index in [9.17, 15) is 25.5 Å². The van der Waals surface area contributed by atoms with Crippen molar-refractivity contribution in [3.63, 3.8) is 0 Å². The molecule has 0 aliphatic heterocycles. The summed E-state index contributed by atoms with van der Waals surface area (Å²) in [6.07, 6.45) is -4.69. The second-order valence-corrected chi connectivity index (χ2v) is 4.03. The highest BCUT2D eigenvalue weighted by Gasteiger charge is 2.33. The van der Waals surface area contributed by atoms with Gasteiger partial charge in [0.1, 0.15) is 4.90 Å². The maximum Gasteiger partial charge on any atom is 0.418 e. The first kappa shape index (κ1) is 11.8. The molecule has 0 heterocycles. The molecule has 0 bridgehead atoms. The summed E-state index contributed by atoms with van der Waals surface area (Å²) in [7, 11) is -5.03. The smallest absolute Gasteiger partial charge is 0.398 e. The molecule has 0 aromatic heterocycles. The fourth-order valence-electron chi connectivity index (χ4n) is 0.951. The minimum Gasteiger partial charge on any atom is -0.398 e. The molecule has 0 unspecified atom stereocenters. The second-order valence-electron chi connectivity index (χ2n) is 2.68. The zero-order chi connectivity index (χ0) is 11.9. The highest BCUT2D eigenvalue weighted by atomic mass is 32.3. The molecule has 1 rings (SSSR count). The van der Waals surface area contributed by atoms with Gasteiger partial charge in [0.05, 0.1) is 5.56 Å². The normalized spacial score (nSPS) is 12.8. The van der Waals surface area contributed by atoms with Crippen LogP contribution in [0.3, 0.4) is 0 Å². The fraction of sp³-hybridized carbons (Fsp3) is 0.143. The summed E-state index contributed by atoms with van der Waals surface area (Å²) in [4.78, 5) is -0.895. The summed E-state index contributed by atoms with van der Waals surface area (Å²) in [6, 6.07) is 1.36. The Labute approximate surface area is 82.7 Å². The van der Waals surface area contributed by atoms with Crippen LogP contribution in [-0.4, -0.2) is 8.42 Å². The summed E-state index contributed by atoms with van der Waals surface area (Å²) >= 11 is 0. The Morgan fingerprint density at radius 2 is 1.73 bits per heavy atom. The van der Waals surface area contributed by atoms with Crippen LogP contribution in [0.2, 0.25) is 0 Å². The van der Waals surface area contributed by atoms with Crippen LogP contribution in [0.4, 0.5) is 22.7 Å². The Hall–Kier alpha value is -1.31. The van der Waals surface area contributed by atoms with Crippen molar-refractivity contribution in [2.45, 2.75) is 11.1 Å². The first-order valence-electron chi connectivity index (χ1n) is 3.54. The molecule has 2 N–H and O–H groups in total. The molecule has 1 aromatic carbocycles. The van der Waals surface area contributed by atoms with Crippen LogP contribution in [0, 0.1) is 0 Å². The zero-order valence-electron chi connectivity index (χ0n) is 7.05. The molecule has 1 aromatic rings. The van der Waals surface area contributed by atoms with Gasteiger partial charge < -0.3 is 5.73 Å². The maximum atomic E-state index is 12.4. The van der Waals surface area contributed by atoms with Gasteiger partial charge >= 0.3 is 16.4 Å². The number of alkyl halides is 3. The fourth-order valence-corrected chi connectivity index (χ4v) is 1.45. The van der Waals surface area contributed by atoms with Gasteiger partial charge in [0, 0.05) is 5.69 Å². The molecule has 3 nitrogen and oxygen atoms in total. The van der Waals surface area contributed by atoms with Crippen LogP contribution in [0.15, 0.2) is 23.1 Å². The summed E-state index contributed by atoms with van der Waals surface area (Å²) in [6.45, 7) is 0. The van der Waals surface area contributed by atoms with Crippen LogP contribution in [0.1, 0.15) is 5.56 Å². The van der Waals surface area contributed by atoms with Crippen molar-refractivity contribution in [2.24, 2.45) is 0 Å². The second kappa shape index (κ2) is 3.37. The monoisotopic (exact) mass is 243 g/mol. The predicted molar refractivity (Wildman–Crippen MR) is 44.2 cm³/mol. The van der Waals surface area contributed by atoms with Crippen molar-refractivity contribution in [3.05, 3.63) is 23.8 Å². The zero-order valence-corrected chi connectivity index (χ0v) is 7.86. The van der Waals surface area contributed by atoms with Gasteiger partial charge in [0.15, 0.2) is 0 Å². The number of benzene rings is 1. The summed E-state index contributed by atoms with van der Waals surface area (Å²) in [5.41, 5.74) is 2.92. The summed E-state index contributed by atoms with van der Waals surface area (Å²) in [5.74, 6) is 0. The third-order valence-electron chi connectivity index (χ3n) is 1.61. The molecule has 0 amide bonds. The molecule has 84 valence electrons. The van der Waals surface area contributed by atoms with E-state index < -0.39 is 32.5 Å². The summed E-state index contributed by atoms with van der Waals surface area (Å²) < 4.78 is 69.5. The van der Waals surface area contributed by atoms with E-state index in [1.54, 1.807) is 0 Å². The van der Waals surface area contributed by atoms with Gasteiger partial charge in [-0.3, -0.25) is 0 Å². The molecular formula is C7H5F4NO2S. The molecule has 0 aliphatic carbocycles. The van der Waals surface area contributed by atoms with Gasteiger partial charge in [0.2, 0.25) is 0 Å². The largest absolute Gasteiger partial charge is 0.418 e. The van der Waals surface area contributed by atoms with Crippen molar-refractivity contribution >= 4 is 15.9 Å². The molecule has 0 aliphatic rings. The molecule has 15 heavy (non-hydrogen) atoms. The topological polar surface area (TPSA) is 60.2 Å². The number of hydrogen-bond donors (Lipinski definition) is 1. The number of hydrogen-bond acceptors (Lipinski definition) is 3. The van der Waals surface area contributed by atoms with E-state index in [4.69, 9.17) is 5.73 Å². The summed E-state index contributed by atoms with van der Waals surface area (Å²) in [5, 5.41) is 0. The highest BCUT2D eigenvalue weighted by Crippen LogP contribution is 2.34. The molecule has 0 fully saturated rings. The molecule has 0 spiro atoms. The van der Waals surface area contributed by atoms with Crippen LogP contribution in [-0.2, 0) is 16.4 Å². The van der Waals surface area contributed by atoms with Crippen molar-refractivity contribution in [3.8, 4) is 0 Å². The standard InChI is InChI=1S/C7H5F4NO2S/c8-7(9,10)5-2-1-4(3-6(5)12)15(11,13)14/h1-3H,12H2. The first-order chi connectivity index (χ1) is 6.62. The van der Waals surface area contributed by atoms with Crippen LogP contribution in [0.5, 0.6) is 0 Å². The number of halogens is 4. The Morgan fingerprint density at radius 3 is 2.07 bits per heavy atom. The third-order valence-corrected chi connectivity index (χ3v) is 2.43. The quantitative estimate of drug-likeness (QED) is 0.466. The van der Waals surface area contributed by atoms with Gasteiger partial charge in [-0.05, 0) is 18.2 Å². The predicted octanol–water partition coefficient (Wildman–Crippen LogP) is 1.95. The Bertz CT molecular complexity index is 480. The number of rotatable bonds is 1. The number of anilines is 1. The maximum absolute atomic E-state index is 12.4. The van der Waals surface area contributed by atoms with Crippen LogP contribution >= 0.6 is 0 Å². The molecule has 0 atom stereocenters. The van der Waals surface area contributed by atoms with Gasteiger partial charge in [-0.1, -0.05) is 0 Å². The molecule has 0 saturated heterocycles. The average molecular weight is 243 g/mol. The Morgan fingerprint density at radius 1 is 1.20 bits per heavy atom. The molecule has 8 heteroatoms. The lowest BCUT2D eigenvalue weighted by Gasteiger charge is -2.09. The van der Waals surface area contributed by atoms with E-state index in [0.29, 0.717) is 18.2 Å². The van der Waals surface area contributed by atoms with E-state index in [1.165, 1.54) is 0 Å². The highest BCUT2D eigenvalue weighted by molar-refractivity contribution is 7.86. The van der Waals surface area contributed by atoms with Crippen molar-refractivity contribution in [1.82, 2.24) is 0 Å². The van der Waals surface area contributed by atoms with Gasteiger partial charge in [0.25, 0.3) is 0 Å². The van der Waals surface area contributed by atoms with E-state index in [0.717, 1.165) is 0 Å². The van der Waals surface area contributed by atoms with E-state index in [-0.39, 0.29) is 0 Å². The number of nitrogen functional groups attached to an aromatic ring is 1. The lowest BCUT2D eigenvalue weighted by Crippen LogP contribution is -2.09. The van der Waals surface area contributed by atoms with Crippen LogP contribution in [0.25, 0.3) is 0 Å². The Kier molecular flexibility index (Phi) is 2.64. The minimum absolute atomic E-state index is 0.418. The van der Waals surface area contributed by atoms with Crippen molar-refractivity contribution < 1.29 is 25.5 Å². The van der Waals surface area contributed by atoms with Gasteiger partial charge in [-0.2, -0.15) is 21.6 Å². The van der Waals surface area contributed by atoms with Gasteiger partial charge in [-0.15, -0.1) is 3.89 Å². The van der Waals surface area contributed by atoms with E-state index in [2.05, 4.69) is 0 Å². The minimum atomic E-state index is -5.03. The SMILES string of the molecule is Nc1cc(S(=O)(=O)F)ccc1C(F)(F)F. The molecule has 0 saturated carbocycles. The van der Waals surface area contributed by atoms with Gasteiger partial charge in [-0.25, -0.2) is 0 Å². The van der Waals surface area contributed by atoms with E-state index >= 15 is 0 Å². The lowest BCUT2D eigenvalue weighted by atomic mass is 10.2. The Balaban J connectivity index is 3.34. The first-order valence-corrected chi connectivity index (χ1v) is 4.92. The molecular weight excluding hydrogens is 238 g/mol. The van der Waals surface area contributed by atoms with Crippen LogP contribution < -0.4 is 5.73 Å². The van der Waals surface area contributed by atoms with E-state index in [1.807, 2.05) is 0 Å². The third kappa shape index (κ3) is 2.58. The van der Waals surface area contributed by atoms with Crippen molar-refractivity contribution in [1.29, 1.82) is 0 Å². The average Bonchev–Trinajstić information content (AvgIpc) is 1.99. The van der Waals surface area contributed by atoms with Crippen molar-refractivity contribution in [2.75, 3.05) is 5.73 Å². The molecule has 0 radical (unpaired) electrons.